The van der Waals surface area contributed by atoms with E-state index in [9.17, 15) is 4.39 Å². The van der Waals surface area contributed by atoms with E-state index in [1.165, 1.54) is 12.1 Å². The number of hydrogen-bond acceptors (Lipinski definition) is 1. The predicted molar refractivity (Wildman–Crippen MR) is 82.6 cm³/mol. The van der Waals surface area contributed by atoms with Crippen molar-refractivity contribution in [2.75, 3.05) is 0 Å². The normalized spacial score (nSPS) is 10.3. The van der Waals surface area contributed by atoms with Crippen LogP contribution in [0.1, 0.15) is 5.56 Å². The Balaban J connectivity index is 1.73. The molecule has 0 unspecified atom stereocenters. The molecule has 3 aromatic carbocycles. The van der Waals surface area contributed by atoms with Crippen LogP contribution in [0.15, 0.2) is 78.9 Å². The monoisotopic (exact) mass is 278 g/mol. The Labute approximate surface area is 123 Å². The molecular weight excluding hydrogens is 263 g/mol. The van der Waals surface area contributed by atoms with Crippen LogP contribution in [0.5, 0.6) is 5.75 Å². The molecule has 0 aromatic heterocycles. The maximum Gasteiger partial charge on any atom is 0.123 e. The number of benzene rings is 3. The van der Waals surface area contributed by atoms with Gasteiger partial charge in [0.25, 0.3) is 0 Å². The van der Waals surface area contributed by atoms with Crippen molar-refractivity contribution < 1.29 is 9.13 Å². The third kappa shape index (κ3) is 3.48. The first-order valence-corrected chi connectivity index (χ1v) is 6.84. The topological polar surface area (TPSA) is 9.23 Å². The molecule has 3 aromatic rings. The van der Waals surface area contributed by atoms with E-state index in [4.69, 9.17) is 4.74 Å². The maximum atomic E-state index is 12.8. The summed E-state index contributed by atoms with van der Waals surface area (Å²) >= 11 is 0. The van der Waals surface area contributed by atoms with E-state index in [0.717, 1.165) is 22.4 Å². The van der Waals surface area contributed by atoms with E-state index in [1.54, 1.807) is 12.1 Å². The quantitative estimate of drug-likeness (QED) is 0.647. The van der Waals surface area contributed by atoms with Crippen molar-refractivity contribution >= 4 is 0 Å². The van der Waals surface area contributed by atoms with Gasteiger partial charge in [-0.15, -0.1) is 0 Å². The zero-order valence-corrected chi connectivity index (χ0v) is 11.5. The van der Waals surface area contributed by atoms with Gasteiger partial charge in [-0.05, 0) is 41.0 Å². The molecule has 2 heteroatoms. The smallest absolute Gasteiger partial charge is 0.123 e. The van der Waals surface area contributed by atoms with Crippen LogP contribution in [0.4, 0.5) is 4.39 Å². The molecule has 0 N–H and O–H groups in total. The minimum atomic E-state index is -0.232. The average Bonchev–Trinajstić information content (AvgIpc) is 2.55. The van der Waals surface area contributed by atoms with E-state index in [2.05, 4.69) is 18.2 Å². The van der Waals surface area contributed by atoms with Gasteiger partial charge in [-0.25, -0.2) is 4.39 Å². The standard InChI is InChI=1S/C19H15FO/c20-18-11-9-15(10-12-18)14-21-19-8-4-7-17(13-19)16-5-2-1-3-6-16/h1-13H,14H2. The van der Waals surface area contributed by atoms with Crippen molar-refractivity contribution in [3.8, 4) is 16.9 Å². The Hall–Kier alpha value is -2.61. The lowest BCUT2D eigenvalue weighted by Gasteiger charge is -2.08. The van der Waals surface area contributed by atoms with Gasteiger partial charge >= 0.3 is 0 Å². The van der Waals surface area contributed by atoms with Crippen molar-refractivity contribution in [3.05, 3.63) is 90.2 Å². The van der Waals surface area contributed by atoms with E-state index in [1.807, 2.05) is 36.4 Å². The second kappa shape index (κ2) is 6.23. The summed E-state index contributed by atoms with van der Waals surface area (Å²) in [6, 6.07) is 24.5. The van der Waals surface area contributed by atoms with Crippen molar-refractivity contribution in [3.63, 3.8) is 0 Å². The predicted octanol–water partition coefficient (Wildman–Crippen LogP) is 5.07. The van der Waals surface area contributed by atoms with E-state index in [0.29, 0.717) is 6.61 Å². The molecule has 0 radical (unpaired) electrons. The molecule has 0 aliphatic rings. The first-order chi connectivity index (χ1) is 10.3. The Morgan fingerprint density at radius 2 is 1.43 bits per heavy atom. The van der Waals surface area contributed by atoms with E-state index < -0.39 is 0 Å². The summed E-state index contributed by atoms with van der Waals surface area (Å²) in [5.41, 5.74) is 3.22. The fraction of sp³-hybridized carbons (Fsp3) is 0.0526. The van der Waals surface area contributed by atoms with Crippen LogP contribution < -0.4 is 4.74 Å². The molecular formula is C19H15FO. The maximum absolute atomic E-state index is 12.8. The second-order valence-corrected chi connectivity index (χ2v) is 4.81. The molecule has 0 aliphatic heterocycles. The lowest BCUT2D eigenvalue weighted by atomic mass is 10.1. The minimum Gasteiger partial charge on any atom is -0.489 e. The number of halogens is 1. The molecule has 0 bridgehead atoms. The lowest BCUT2D eigenvalue weighted by Crippen LogP contribution is -1.95. The lowest BCUT2D eigenvalue weighted by molar-refractivity contribution is 0.306. The summed E-state index contributed by atoms with van der Waals surface area (Å²) in [6.45, 7) is 0.429. The first-order valence-electron chi connectivity index (χ1n) is 6.84. The van der Waals surface area contributed by atoms with Gasteiger partial charge in [0, 0.05) is 0 Å². The van der Waals surface area contributed by atoms with Gasteiger partial charge in [-0.2, -0.15) is 0 Å². The van der Waals surface area contributed by atoms with Gasteiger partial charge < -0.3 is 4.74 Å². The Kier molecular flexibility index (Phi) is 3.97. The fourth-order valence-corrected chi connectivity index (χ4v) is 2.14. The summed E-state index contributed by atoms with van der Waals surface area (Å²) in [4.78, 5) is 0. The third-order valence-electron chi connectivity index (χ3n) is 3.26. The second-order valence-electron chi connectivity index (χ2n) is 4.81. The van der Waals surface area contributed by atoms with Crippen molar-refractivity contribution in [1.82, 2.24) is 0 Å². The van der Waals surface area contributed by atoms with E-state index >= 15 is 0 Å². The summed E-state index contributed by atoms with van der Waals surface area (Å²) in [5, 5.41) is 0. The highest BCUT2D eigenvalue weighted by Crippen LogP contribution is 2.24. The molecule has 0 heterocycles. The van der Waals surface area contributed by atoms with Crippen LogP contribution in [0.25, 0.3) is 11.1 Å². The molecule has 0 amide bonds. The fourth-order valence-electron chi connectivity index (χ4n) is 2.14. The van der Waals surface area contributed by atoms with Crippen molar-refractivity contribution in [1.29, 1.82) is 0 Å². The third-order valence-corrected chi connectivity index (χ3v) is 3.26. The van der Waals surface area contributed by atoms with Gasteiger partial charge in [0.05, 0.1) is 0 Å². The SMILES string of the molecule is Fc1ccc(COc2cccc(-c3ccccc3)c2)cc1. The van der Waals surface area contributed by atoms with Crippen molar-refractivity contribution in [2.45, 2.75) is 6.61 Å². The van der Waals surface area contributed by atoms with Crippen LogP contribution in [0.3, 0.4) is 0 Å². The zero-order chi connectivity index (χ0) is 14.5. The zero-order valence-electron chi connectivity index (χ0n) is 11.5. The number of rotatable bonds is 4. The average molecular weight is 278 g/mol. The van der Waals surface area contributed by atoms with Crippen LogP contribution >= 0.6 is 0 Å². The molecule has 0 saturated carbocycles. The van der Waals surface area contributed by atoms with Gasteiger partial charge in [0.1, 0.15) is 18.2 Å². The highest BCUT2D eigenvalue weighted by Gasteiger charge is 2.00. The van der Waals surface area contributed by atoms with E-state index in [-0.39, 0.29) is 5.82 Å². The molecule has 104 valence electrons. The Morgan fingerprint density at radius 3 is 2.19 bits per heavy atom. The summed E-state index contributed by atoms with van der Waals surface area (Å²) in [5.74, 6) is 0.575. The number of hydrogen-bond donors (Lipinski definition) is 0. The molecule has 0 atom stereocenters. The first kappa shape index (κ1) is 13.4. The summed E-state index contributed by atoms with van der Waals surface area (Å²) in [6.07, 6.45) is 0. The molecule has 0 saturated heterocycles. The molecule has 3 rings (SSSR count). The molecule has 0 spiro atoms. The molecule has 1 nitrogen and oxygen atoms in total. The Bertz CT molecular complexity index is 705. The van der Waals surface area contributed by atoms with Gasteiger partial charge in [0.15, 0.2) is 0 Å². The highest BCUT2D eigenvalue weighted by molar-refractivity contribution is 5.64. The minimum absolute atomic E-state index is 0.232. The van der Waals surface area contributed by atoms with Crippen LogP contribution in [-0.4, -0.2) is 0 Å². The highest BCUT2D eigenvalue weighted by atomic mass is 19.1. The van der Waals surface area contributed by atoms with Gasteiger partial charge in [-0.3, -0.25) is 0 Å². The van der Waals surface area contributed by atoms with Crippen LogP contribution in [-0.2, 0) is 6.61 Å². The largest absolute Gasteiger partial charge is 0.489 e. The summed E-state index contributed by atoms with van der Waals surface area (Å²) in [7, 11) is 0. The van der Waals surface area contributed by atoms with Crippen LogP contribution in [0, 0.1) is 5.82 Å². The van der Waals surface area contributed by atoms with Gasteiger partial charge in [0.2, 0.25) is 0 Å². The van der Waals surface area contributed by atoms with Crippen molar-refractivity contribution in [2.24, 2.45) is 0 Å². The summed E-state index contributed by atoms with van der Waals surface area (Å²) < 4.78 is 18.6. The molecule has 0 fully saturated rings. The number of ether oxygens (including phenoxy) is 1. The van der Waals surface area contributed by atoms with Gasteiger partial charge in [-0.1, -0.05) is 54.6 Å². The van der Waals surface area contributed by atoms with Crippen LogP contribution in [0.2, 0.25) is 0 Å². The Morgan fingerprint density at radius 1 is 0.714 bits per heavy atom. The molecule has 0 aliphatic carbocycles. The molecule has 21 heavy (non-hydrogen) atoms.